The van der Waals surface area contributed by atoms with Crippen LogP contribution < -0.4 is 5.32 Å². The Hall–Kier alpha value is -1.62. The summed E-state index contributed by atoms with van der Waals surface area (Å²) in [6, 6.07) is 3.54. The van der Waals surface area contributed by atoms with Crippen molar-refractivity contribution in [3.05, 3.63) is 34.6 Å². The molecule has 0 fully saturated rings. The van der Waals surface area contributed by atoms with Gasteiger partial charge in [0.1, 0.15) is 5.82 Å². The lowest BCUT2D eigenvalue weighted by molar-refractivity contribution is -0.137. The third kappa shape index (κ3) is 5.26. The second kappa shape index (κ2) is 6.02. The largest absolute Gasteiger partial charge is 0.481 e. The lowest BCUT2D eigenvalue weighted by atomic mass is 9.98. The SMILES string of the molecule is CC(C)(CCC(=O)O)NC(=O)c1cc(F)cc(Cl)c1. The second-order valence-corrected chi connectivity index (χ2v) is 5.33. The van der Waals surface area contributed by atoms with Gasteiger partial charge < -0.3 is 10.4 Å². The third-order valence-electron chi connectivity index (χ3n) is 2.54. The first-order valence-electron chi connectivity index (χ1n) is 5.70. The van der Waals surface area contributed by atoms with Crippen molar-refractivity contribution in [2.24, 2.45) is 0 Å². The molecule has 0 spiro atoms. The highest BCUT2D eigenvalue weighted by Gasteiger charge is 2.22. The van der Waals surface area contributed by atoms with E-state index in [1.165, 1.54) is 6.07 Å². The molecule has 0 unspecified atom stereocenters. The number of halogens is 2. The molecule has 0 aliphatic heterocycles. The van der Waals surface area contributed by atoms with Crippen LogP contribution in [0.1, 0.15) is 37.0 Å². The number of amides is 1. The summed E-state index contributed by atoms with van der Waals surface area (Å²) >= 11 is 5.67. The van der Waals surface area contributed by atoms with Gasteiger partial charge in [-0.3, -0.25) is 9.59 Å². The van der Waals surface area contributed by atoms with Gasteiger partial charge in [0.25, 0.3) is 5.91 Å². The van der Waals surface area contributed by atoms with Gasteiger partial charge in [0.05, 0.1) is 0 Å². The molecule has 0 radical (unpaired) electrons. The van der Waals surface area contributed by atoms with E-state index in [1.54, 1.807) is 13.8 Å². The second-order valence-electron chi connectivity index (χ2n) is 4.89. The molecule has 0 aromatic heterocycles. The van der Waals surface area contributed by atoms with E-state index < -0.39 is 23.2 Å². The van der Waals surface area contributed by atoms with Crippen LogP contribution in [0.5, 0.6) is 0 Å². The number of hydrogen-bond donors (Lipinski definition) is 2. The van der Waals surface area contributed by atoms with Crippen LogP contribution >= 0.6 is 11.6 Å². The molecule has 1 aromatic rings. The van der Waals surface area contributed by atoms with Crippen molar-refractivity contribution in [2.45, 2.75) is 32.2 Å². The number of rotatable bonds is 5. The van der Waals surface area contributed by atoms with Crippen molar-refractivity contribution < 1.29 is 19.1 Å². The average Bonchev–Trinajstić information content (AvgIpc) is 2.24. The zero-order chi connectivity index (χ0) is 14.6. The van der Waals surface area contributed by atoms with Crippen LogP contribution in [0.2, 0.25) is 5.02 Å². The molecule has 4 nitrogen and oxygen atoms in total. The zero-order valence-electron chi connectivity index (χ0n) is 10.7. The molecular formula is C13H15ClFNO3. The first kappa shape index (κ1) is 15.4. The Balaban J connectivity index is 2.75. The molecule has 0 aliphatic rings. The highest BCUT2D eigenvalue weighted by molar-refractivity contribution is 6.31. The quantitative estimate of drug-likeness (QED) is 0.875. The van der Waals surface area contributed by atoms with Gasteiger partial charge >= 0.3 is 5.97 Å². The summed E-state index contributed by atoms with van der Waals surface area (Å²) in [5.41, 5.74) is -0.595. The van der Waals surface area contributed by atoms with E-state index in [1.807, 2.05) is 0 Å². The maximum absolute atomic E-state index is 13.1. The summed E-state index contributed by atoms with van der Waals surface area (Å²) in [6.45, 7) is 3.41. The average molecular weight is 288 g/mol. The summed E-state index contributed by atoms with van der Waals surface area (Å²) in [5.74, 6) is -2.02. The van der Waals surface area contributed by atoms with Gasteiger partial charge in [-0.05, 0) is 38.5 Å². The predicted molar refractivity (Wildman–Crippen MR) is 69.8 cm³/mol. The minimum atomic E-state index is -0.934. The molecule has 0 saturated heterocycles. The van der Waals surface area contributed by atoms with Crippen LogP contribution in [-0.4, -0.2) is 22.5 Å². The number of carbonyl (C=O) groups excluding carboxylic acids is 1. The minimum Gasteiger partial charge on any atom is -0.481 e. The maximum Gasteiger partial charge on any atom is 0.303 e. The van der Waals surface area contributed by atoms with Crippen molar-refractivity contribution in [2.75, 3.05) is 0 Å². The zero-order valence-corrected chi connectivity index (χ0v) is 11.4. The molecule has 0 aliphatic carbocycles. The van der Waals surface area contributed by atoms with Crippen molar-refractivity contribution in [3.63, 3.8) is 0 Å². The number of carboxylic acid groups (broad SMARTS) is 1. The summed E-state index contributed by atoms with van der Waals surface area (Å²) in [6.07, 6.45) is 0.217. The monoisotopic (exact) mass is 287 g/mol. The van der Waals surface area contributed by atoms with Crippen LogP contribution in [0.3, 0.4) is 0 Å². The summed E-state index contributed by atoms with van der Waals surface area (Å²) < 4.78 is 13.1. The third-order valence-corrected chi connectivity index (χ3v) is 2.76. The summed E-state index contributed by atoms with van der Waals surface area (Å²) in [7, 11) is 0. The maximum atomic E-state index is 13.1. The van der Waals surface area contributed by atoms with Crippen LogP contribution in [0.25, 0.3) is 0 Å². The number of benzene rings is 1. The van der Waals surface area contributed by atoms with Crippen LogP contribution in [-0.2, 0) is 4.79 Å². The van der Waals surface area contributed by atoms with Crippen LogP contribution in [0.15, 0.2) is 18.2 Å². The van der Waals surface area contributed by atoms with Gasteiger partial charge in [-0.15, -0.1) is 0 Å². The smallest absolute Gasteiger partial charge is 0.303 e. The van der Waals surface area contributed by atoms with Gasteiger partial charge in [-0.1, -0.05) is 11.6 Å². The van der Waals surface area contributed by atoms with Crippen LogP contribution in [0.4, 0.5) is 4.39 Å². The van der Waals surface area contributed by atoms with Crippen molar-refractivity contribution in [1.82, 2.24) is 5.32 Å². The van der Waals surface area contributed by atoms with E-state index in [-0.39, 0.29) is 23.4 Å². The fourth-order valence-electron chi connectivity index (χ4n) is 1.55. The molecule has 0 heterocycles. The van der Waals surface area contributed by atoms with Gasteiger partial charge in [0.2, 0.25) is 0 Å². The van der Waals surface area contributed by atoms with Gasteiger partial charge in [-0.25, -0.2) is 4.39 Å². The molecule has 1 rings (SSSR count). The van der Waals surface area contributed by atoms with Gasteiger partial charge in [-0.2, -0.15) is 0 Å². The Morgan fingerprint density at radius 1 is 1.37 bits per heavy atom. The first-order valence-corrected chi connectivity index (χ1v) is 6.08. The minimum absolute atomic E-state index is 0.0583. The molecule has 1 amide bonds. The normalized spacial score (nSPS) is 11.2. The molecule has 6 heteroatoms. The van der Waals surface area contributed by atoms with E-state index >= 15 is 0 Å². The Kier molecular flexibility index (Phi) is 4.89. The Bertz CT molecular complexity index is 482. The van der Waals surface area contributed by atoms with Gasteiger partial charge in [0, 0.05) is 22.5 Å². The van der Waals surface area contributed by atoms with E-state index in [0.29, 0.717) is 0 Å². The van der Waals surface area contributed by atoms with E-state index in [4.69, 9.17) is 16.7 Å². The molecule has 1 aromatic carbocycles. The fourth-order valence-corrected chi connectivity index (χ4v) is 1.77. The number of carbonyl (C=O) groups is 2. The predicted octanol–water partition coefficient (Wildman–Crippen LogP) is 2.85. The lowest BCUT2D eigenvalue weighted by Gasteiger charge is -2.25. The molecule has 19 heavy (non-hydrogen) atoms. The fraction of sp³-hybridized carbons (Fsp3) is 0.385. The molecule has 104 valence electrons. The van der Waals surface area contributed by atoms with Crippen LogP contribution in [0, 0.1) is 5.82 Å². The van der Waals surface area contributed by atoms with Crippen molar-refractivity contribution in [3.8, 4) is 0 Å². The van der Waals surface area contributed by atoms with Crippen molar-refractivity contribution in [1.29, 1.82) is 0 Å². The lowest BCUT2D eigenvalue weighted by Crippen LogP contribution is -2.43. The molecule has 2 N–H and O–H groups in total. The number of hydrogen-bond acceptors (Lipinski definition) is 2. The van der Waals surface area contributed by atoms with E-state index in [9.17, 15) is 14.0 Å². The Morgan fingerprint density at radius 3 is 2.53 bits per heavy atom. The topological polar surface area (TPSA) is 66.4 Å². The Labute approximate surface area is 115 Å². The van der Waals surface area contributed by atoms with Gasteiger partial charge in [0.15, 0.2) is 0 Å². The standard InChI is InChI=1S/C13H15ClFNO3/c1-13(2,4-3-11(17)18)16-12(19)8-5-9(14)7-10(15)6-8/h5-7H,3-4H2,1-2H3,(H,16,19)(H,17,18). The molecule has 0 saturated carbocycles. The highest BCUT2D eigenvalue weighted by atomic mass is 35.5. The molecular weight excluding hydrogens is 273 g/mol. The molecule has 0 atom stereocenters. The summed E-state index contributed by atoms with van der Waals surface area (Å²) in [5, 5.41) is 11.4. The van der Waals surface area contributed by atoms with E-state index in [2.05, 4.69) is 5.32 Å². The number of aliphatic carboxylic acids is 1. The summed E-state index contributed by atoms with van der Waals surface area (Å²) in [4.78, 5) is 22.4. The Morgan fingerprint density at radius 2 is 2.00 bits per heavy atom. The number of nitrogens with one attached hydrogen (secondary N) is 1. The van der Waals surface area contributed by atoms with E-state index in [0.717, 1.165) is 12.1 Å². The highest BCUT2D eigenvalue weighted by Crippen LogP contribution is 2.16. The first-order chi connectivity index (χ1) is 8.69. The number of carboxylic acids is 1. The molecule has 0 bridgehead atoms. The van der Waals surface area contributed by atoms with Crippen molar-refractivity contribution >= 4 is 23.5 Å².